The number of hydrogen-bond donors (Lipinski definition) is 0. The summed E-state index contributed by atoms with van der Waals surface area (Å²) < 4.78 is 0. The Hall–Kier alpha value is -2.26. The van der Waals surface area contributed by atoms with E-state index in [1.54, 1.807) is 12.4 Å². The zero-order chi connectivity index (χ0) is 13.9. The van der Waals surface area contributed by atoms with E-state index >= 15 is 0 Å². The van der Waals surface area contributed by atoms with E-state index < -0.39 is 6.10 Å². The van der Waals surface area contributed by atoms with E-state index in [9.17, 15) is 5.11 Å². The monoisotopic (exact) mass is 263 g/mol. The van der Waals surface area contributed by atoms with Crippen LogP contribution in [0.1, 0.15) is 22.9 Å². The second kappa shape index (κ2) is 5.39. The lowest BCUT2D eigenvalue weighted by Gasteiger charge is -2.12. The fourth-order valence-corrected chi connectivity index (χ4v) is 2.45. The van der Waals surface area contributed by atoms with Crippen molar-refractivity contribution in [2.45, 2.75) is 19.4 Å². The number of fused-ring (bicyclic) bond motifs is 1. The fraction of sp³-hybridized carbons (Fsp3) is 0.176. The molecule has 3 nitrogen and oxygen atoms in total. The van der Waals surface area contributed by atoms with Gasteiger partial charge in [0.15, 0.2) is 0 Å². The van der Waals surface area contributed by atoms with Crippen molar-refractivity contribution in [3.63, 3.8) is 0 Å². The van der Waals surface area contributed by atoms with Crippen molar-refractivity contribution < 1.29 is 5.11 Å². The maximum absolute atomic E-state index is 12.6. The molecule has 0 saturated carbocycles. The summed E-state index contributed by atoms with van der Waals surface area (Å²) in [6, 6.07) is 13.5. The van der Waals surface area contributed by atoms with Gasteiger partial charge in [-0.1, -0.05) is 24.3 Å². The molecule has 1 atom stereocenters. The predicted molar refractivity (Wildman–Crippen MR) is 77.8 cm³/mol. The van der Waals surface area contributed by atoms with Gasteiger partial charge in [0.1, 0.15) is 6.10 Å². The third-order valence-corrected chi connectivity index (χ3v) is 3.37. The molecule has 1 aromatic carbocycles. The van der Waals surface area contributed by atoms with Gasteiger partial charge in [-0.3, -0.25) is 9.97 Å². The van der Waals surface area contributed by atoms with Crippen molar-refractivity contribution in [3.8, 4) is 0 Å². The molecule has 0 fully saturated rings. The molecule has 1 unspecified atom stereocenters. The molecule has 0 amide bonds. The summed E-state index contributed by atoms with van der Waals surface area (Å²) in [5.74, 6) is 0. The standard InChI is InChI=1S/C17H15N2O/c1-12-9-15(14-6-2-3-7-16(14)19-12)17(20)10-13-5-4-8-18-11-13/h2-9,11,17H,10H2,1H3. The number of hydrogen-bond acceptors (Lipinski definition) is 2. The van der Waals surface area contributed by atoms with Gasteiger partial charge in [-0.2, -0.15) is 0 Å². The van der Waals surface area contributed by atoms with Crippen LogP contribution in [0.3, 0.4) is 0 Å². The zero-order valence-corrected chi connectivity index (χ0v) is 11.3. The van der Waals surface area contributed by atoms with Crippen LogP contribution in [0.2, 0.25) is 0 Å². The van der Waals surface area contributed by atoms with Gasteiger partial charge < -0.3 is 0 Å². The summed E-state index contributed by atoms with van der Waals surface area (Å²) in [6.07, 6.45) is 3.11. The van der Waals surface area contributed by atoms with Gasteiger partial charge in [0.05, 0.1) is 5.52 Å². The Labute approximate surface area is 117 Å². The van der Waals surface area contributed by atoms with Crippen molar-refractivity contribution in [1.82, 2.24) is 9.97 Å². The van der Waals surface area contributed by atoms with Gasteiger partial charge in [-0.05, 0) is 36.2 Å². The van der Waals surface area contributed by atoms with Crippen LogP contribution < -0.4 is 0 Å². The lowest BCUT2D eigenvalue weighted by Crippen LogP contribution is -2.03. The van der Waals surface area contributed by atoms with E-state index in [4.69, 9.17) is 0 Å². The Bertz CT molecular complexity index is 725. The number of aromatic nitrogens is 2. The molecule has 0 aliphatic carbocycles. The van der Waals surface area contributed by atoms with E-state index in [1.807, 2.05) is 49.4 Å². The Morgan fingerprint density at radius 1 is 1.15 bits per heavy atom. The van der Waals surface area contributed by atoms with Gasteiger partial charge in [0.2, 0.25) is 0 Å². The van der Waals surface area contributed by atoms with Crippen molar-refractivity contribution in [1.29, 1.82) is 0 Å². The first-order valence-electron chi connectivity index (χ1n) is 6.65. The second-order valence-corrected chi connectivity index (χ2v) is 4.92. The minimum Gasteiger partial charge on any atom is -0.264 e. The molecule has 3 rings (SSSR count). The number of aryl methyl sites for hydroxylation is 1. The Morgan fingerprint density at radius 3 is 2.80 bits per heavy atom. The smallest absolute Gasteiger partial charge is 0.123 e. The van der Waals surface area contributed by atoms with Crippen molar-refractivity contribution in [2.24, 2.45) is 0 Å². The first kappa shape index (κ1) is 12.8. The average molecular weight is 263 g/mol. The molecule has 0 N–H and O–H groups in total. The first-order valence-corrected chi connectivity index (χ1v) is 6.65. The fourth-order valence-electron chi connectivity index (χ4n) is 2.45. The zero-order valence-electron chi connectivity index (χ0n) is 11.3. The summed E-state index contributed by atoms with van der Waals surface area (Å²) in [7, 11) is 0. The molecule has 3 heteroatoms. The summed E-state index contributed by atoms with van der Waals surface area (Å²) in [4.78, 5) is 8.53. The second-order valence-electron chi connectivity index (χ2n) is 4.92. The maximum Gasteiger partial charge on any atom is 0.123 e. The van der Waals surface area contributed by atoms with Crippen LogP contribution in [-0.2, 0) is 11.5 Å². The first-order chi connectivity index (χ1) is 9.74. The molecule has 99 valence electrons. The molecule has 20 heavy (non-hydrogen) atoms. The topological polar surface area (TPSA) is 45.7 Å². The molecule has 0 aliphatic heterocycles. The average Bonchev–Trinajstić information content (AvgIpc) is 2.47. The van der Waals surface area contributed by atoms with Crippen LogP contribution >= 0.6 is 0 Å². The number of nitrogens with zero attached hydrogens (tertiary/aromatic N) is 2. The highest BCUT2D eigenvalue weighted by Gasteiger charge is 2.15. The molecule has 2 aromatic heterocycles. The van der Waals surface area contributed by atoms with E-state index in [0.717, 1.165) is 27.7 Å². The predicted octanol–water partition coefficient (Wildman–Crippen LogP) is 3.65. The third-order valence-electron chi connectivity index (χ3n) is 3.37. The molecular formula is C17H15N2O. The molecule has 0 aliphatic rings. The maximum atomic E-state index is 12.6. The highest BCUT2D eigenvalue weighted by atomic mass is 16.3. The highest BCUT2D eigenvalue weighted by molar-refractivity contribution is 5.82. The van der Waals surface area contributed by atoms with Crippen molar-refractivity contribution >= 4 is 10.9 Å². The number of rotatable bonds is 3. The van der Waals surface area contributed by atoms with E-state index in [0.29, 0.717) is 6.42 Å². The van der Waals surface area contributed by atoms with Crippen LogP contribution in [0.25, 0.3) is 10.9 Å². The minimum atomic E-state index is -0.800. The van der Waals surface area contributed by atoms with Crippen LogP contribution in [0.15, 0.2) is 54.9 Å². The van der Waals surface area contributed by atoms with Crippen molar-refractivity contribution in [3.05, 3.63) is 71.7 Å². The molecular weight excluding hydrogens is 248 g/mol. The summed E-state index contributed by atoms with van der Waals surface area (Å²) in [6.45, 7) is 1.92. The van der Waals surface area contributed by atoms with Gasteiger partial charge in [0.25, 0.3) is 0 Å². The van der Waals surface area contributed by atoms with Crippen LogP contribution in [-0.4, -0.2) is 9.97 Å². The molecule has 3 aromatic rings. The molecule has 0 bridgehead atoms. The summed E-state index contributed by atoms with van der Waals surface area (Å²) >= 11 is 0. The van der Waals surface area contributed by atoms with Gasteiger partial charge in [0, 0.05) is 29.9 Å². The number of pyridine rings is 2. The minimum absolute atomic E-state index is 0.446. The summed E-state index contributed by atoms with van der Waals surface area (Å²) in [5.41, 5.74) is 3.54. The normalized spacial score (nSPS) is 12.5. The van der Waals surface area contributed by atoms with Gasteiger partial charge in [-0.15, -0.1) is 0 Å². The number of para-hydroxylation sites is 1. The molecule has 0 spiro atoms. The number of benzene rings is 1. The Morgan fingerprint density at radius 2 is 2.00 bits per heavy atom. The van der Waals surface area contributed by atoms with Crippen LogP contribution in [0, 0.1) is 6.92 Å². The van der Waals surface area contributed by atoms with E-state index in [1.165, 1.54) is 0 Å². The highest BCUT2D eigenvalue weighted by Crippen LogP contribution is 2.26. The Balaban J connectivity index is 2.01. The lowest BCUT2D eigenvalue weighted by atomic mass is 9.98. The largest absolute Gasteiger partial charge is 0.264 e. The van der Waals surface area contributed by atoms with E-state index in [-0.39, 0.29) is 0 Å². The Kier molecular flexibility index (Phi) is 3.44. The van der Waals surface area contributed by atoms with Crippen molar-refractivity contribution in [2.75, 3.05) is 0 Å². The molecule has 0 saturated heterocycles. The van der Waals surface area contributed by atoms with Crippen LogP contribution in [0.4, 0.5) is 0 Å². The molecule has 2 heterocycles. The third kappa shape index (κ3) is 2.53. The van der Waals surface area contributed by atoms with Crippen LogP contribution in [0.5, 0.6) is 0 Å². The molecule has 1 radical (unpaired) electrons. The summed E-state index contributed by atoms with van der Waals surface area (Å²) in [5, 5.41) is 13.6. The lowest BCUT2D eigenvalue weighted by molar-refractivity contribution is 0.0905. The van der Waals surface area contributed by atoms with E-state index in [2.05, 4.69) is 9.97 Å². The van der Waals surface area contributed by atoms with Gasteiger partial charge >= 0.3 is 0 Å². The SMILES string of the molecule is Cc1cc(C([O])Cc2cccnc2)c2ccccc2n1. The quantitative estimate of drug-likeness (QED) is 0.724. The van der Waals surface area contributed by atoms with Gasteiger partial charge in [-0.25, -0.2) is 5.11 Å².